The lowest BCUT2D eigenvalue weighted by atomic mass is 9.95. The van der Waals surface area contributed by atoms with Gasteiger partial charge >= 0.3 is 0 Å². The molecule has 1 N–H and O–H groups in total. The quantitative estimate of drug-likeness (QED) is 0.727. The van der Waals surface area contributed by atoms with E-state index in [1.807, 2.05) is 19.1 Å². The predicted molar refractivity (Wildman–Crippen MR) is 98.8 cm³/mol. The molecule has 0 amide bonds. The number of pyridine rings is 1. The molecular weight excluding hydrogens is 368 g/mol. The van der Waals surface area contributed by atoms with Crippen molar-refractivity contribution in [2.45, 2.75) is 19.9 Å². The maximum absolute atomic E-state index is 12.4. The second-order valence-electron chi connectivity index (χ2n) is 6.60. The molecule has 0 aromatic carbocycles. The van der Waals surface area contributed by atoms with Gasteiger partial charge < -0.3 is 9.51 Å². The maximum Gasteiger partial charge on any atom is 0.281 e. The summed E-state index contributed by atoms with van der Waals surface area (Å²) in [7, 11) is -0.405. The molecule has 142 valence electrons. The van der Waals surface area contributed by atoms with Crippen molar-refractivity contribution in [3.63, 3.8) is 0 Å². The number of H-pyrrole nitrogens is 1. The van der Waals surface area contributed by atoms with Crippen LogP contribution in [0.4, 0.5) is 0 Å². The summed E-state index contributed by atoms with van der Waals surface area (Å²) >= 11 is 0. The number of fused-ring (bicyclic) bond motifs is 1. The standard InChI is InChI=1S/C17H20N6O3S/c1-11-15(16-20-17(26-21-16)14-5-4-7-18-14)13-6-8-23(10-12(13)9-19-11)27(24,25)22(2)3/h4-5,7,9,18H,6,8,10H2,1-3H3. The van der Waals surface area contributed by atoms with E-state index < -0.39 is 10.2 Å². The predicted octanol–water partition coefficient (Wildman–Crippen LogP) is 1.60. The lowest BCUT2D eigenvalue weighted by Crippen LogP contribution is -2.42. The summed E-state index contributed by atoms with van der Waals surface area (Å²) in [6.07, 6.45) is 4.08. The zero-order chi connectivity index (χ0) is 19.2. The van der Waals surface area contributed by atoms with Crippen LogP contribution in [-0.2, 0) is 23.2 Å². The van der Waals surface area contributed by atoms with Gasteiger partial charge in [-0.1, -0.05) is 5.16 Å². The van der Waals surface area contributed by atoms with E-state index in [1.165, 1.54) is 22.7 Å². The van der Waals surface area contributed by atoms with Crippen molar-refractivity contribution in [2.75, 3.05) is 20.6 Å². The first-order chi connectivity index (χ1) is 12.9. The summed E-state index contributed by atoms with van der Waals surface area (Å²) in [6, 6.07) is 3.71. The van der Waals surface area contributed by atoms with E-state index in [4.69, 9.17) is 4.52 Å². The van der Waals surface area contributed by atoms with Crippen molar-refractivity contribution < 1.29 is 12.9 Å². The molecule has 3 aromatic rings. The fraction of sp³-hybridized carbons (Fsp3) is 0.353. The summed E-state index contributed by atoms with van der Waals surface area (Å²) in [6.45, 7) is 2.56. The number of hydrogen-bond acceptors (Lipinski definition) is 6. The highest BCUT2D eigenvalue weighted by atomic mass is 32.2. The molecule has 9 nitrogen and oxygen atoms in total. The minimum absolute atomic E-state index is 0.275. The molecule has 27 heavy (non-hydrogen) atoms. The fourth-order valence-electron chi connectivity index (χ4n) is 3.25. The number of aromatic amines is 1. The molecule has 0 unspecified atom stereocenters. The van der Waals surface area contributed by atoms with Gasteiger partial charge in [-0.15, -0.1) is 0 Å². The Morgan fingerprint density at radius 2 is 2.15 bits per heavy atom. The van der Waals surface area contributed by atoms with Crippen molar-refractivity contribution in [1.29, 1.82) is 0 Å². The Morgan fingerprint density at radius 1 is 1.33 bits per heavy atom. The Labute approximate surface area is 157 Å². The molecule has 0 atom stereocenters. The van der Waals surface area contributed by atoms with Gasteiger partial charge in [0.15, 0.2) is 0 Å². The SMILES string of the molecule is Cc1ncc2c(c1-c1noc(-c3ccc[nH]3)n1)CCN(S(=O)(=O)N(C)C)C2. The highest BCUT2D eigenvalue weighted by Gasteiger charge is 2.31. The van der Waals surface area contributed by atoms with E-state index in [2.05, 4.69) is 20.1 Å². The van der Waals surface area contributed by atoms with E-state index in [9.17, 15) is 8.42 Å². The van der Waals surface area contributed by atoms with Gasteiger partial charge in [0, 0.05) is 50.8 Å². The molecule has 4 rings (SSSR count). The van der Waals surface area contributed by atoms with Gasteiger partial charge in [-0.05, 0) is 36.6 Å². The molecule has 1 aliphatic rings. The third-order valence-corrected chi connectivity index (χ3v) is 6.58. The van der Waals surface area contributed by atoms with Gasteiger partial charge in [0.2, 0.25) is 5.82 Å². The molecule has 0 bridgehead atoms. The lowest BCUT2D eigenvalue weighted by molar-refractivity contribution is 0.358. The van der Waals surface area contributed by atoms with Crippen LogP contribution in [0.2, 0.25) is 0 Å². The molecule has 0 radical (unpaired) electrons. The zero-order valence-corrected chi connectivity index (χ0v) is 16.1. The third kappa shape index (κ3) is 3.05. The van der Waals surface area contributed by atoms with E-state index in [0.29, 0.717) is 24.7 Å². The molecule has 0 saturated heterocycles. The van der Waals surface area contributed by atoms with Crippen molar-refractivity contribution in [3.8, 4) is 23.0 Å². The van der Waals surface area contributed by atoms with E-state index in [0.717, 1.165) is 28.1 Å². The first-order valence-electron chi connectivity index (χ1n) is 8.50. The minimum Gasteiger partial charge on any atom is -0.357 e. The van der Waals surface area contributed by atoms with E-state index in [1.54, 1.807) is 12.4 Å². The topological polar surface area (TPSA) is 108 Å². The van der Waals surface area contributed by atoms with Gasteiger partial charge in [-0.3, -0.25) is 4.98 Å². The Balaban J connectivity index is 1.73. The number of hydrogen-bond donors (Lipinski definition) is 1. The number of rotatable bonds is 4. The molecule has 0 spiro atoms. The van der Waals surface area contributed by atoms with Gasteiger partial charge in [0.25, 0.3) is 16.1 Å². The highest BCUT2D eigenvalue weighted by Crippen LogP contribution is 2.32. The van der Waals surface area contributed by atoms with Crippen LogP contribution in [0.25, 0.3) is 23.0 Å². The molecule has 0 fully saturated rings. The molecule has 1 aliphatic heterocycles. The summed E-state index contributed by atoms with van der Waals surface area (Å²) in [5.41, 5.74) is 4.23. The molecule has 0 aliphatic carbocycles. The normalized spacial score (nSPS) is 15.3. The maximum atomic E-state index is 12.4. The van der Waals surface area contributed by atoms with Gasteiger partial charge in [0.1, 0.15) is 5.69 Å². The van der Waals surface area contributed by atoms with E-state index >= 15 is 0 Å². The van der Waals surface area contributed by atoms with Crippen LogP contribution in [0.5, 0.6) is 0 Å². The largest absolute Gasteiger partial charge is 0.357 e. The summed E-state index contributed by atoms with van der Waals surface area (Å²) in [5, 5.41) is 4.12. The van der Waals surface area contributed by atoms with Gasteiger partial charge in [0.05, 0.1) is 0 Å². The van der Waals surface area contributed by atoms with Crippen molar-refractivity contribution in [2.24, 2.45) is 0 Å². The van der Waals surface area contributed by atoms with Crippen LogP contribution in [0.1, 0.15) is 16.8 Å². The van der Waals surface area contributed by atoms with Crippen LogP contribution in [0.15, 0.2) is 29.0 Å². The fourth-order valence-corrected chi connectivity index (χ4v) is 4.33. The molecule has 3 aromatic heterocycles. The van der Waals surface area contributed by atoms with Crippen LogP contribution in [0, 0.1) is 6.92 Å². The third-order valence-electron chi connectivity index (χ3n) is 4.69. The Hall–Kier alpha value is -2.56. The van der Waals surface area contributed by atoms with Crippen LogP contribution in [-0.4, -0.2) is 57.8 Å². The summed E-state index contributed by atoms with van der Waals surface area (Å²) < 4.78 is 32.9. The Kier molecular flexibility index (Phi) is 4.33. The number of nitrogens with zero attached hydrogens (tertiary/aromatic N) is 5. The Morgan fingerprint density at radius 3 is 2.85 bits per heavy atom. The van der Waals surface area contributed by atoms with Gasteiger partial charge in [-0.25, -0.2) is 0 Å². The first-order valence-corrected chi connectivity index (χ1v) is 9.90. The van der Waals surface area contributed by atoms with Crippen molar-refractivity contribution in [3.05, 3.63) is 41.3 Å². The Bertz CT molecular complexity index is 1070. The number of aromatic nitrogens is 4. The molecule has 10 heteroatoms. The van der Waals surface area contributed by atoms with Gasteiger partial charge in [-0.2, -0.15) is 22.0 Å². The number of aryl methyl sites for hydroxylation is 1. The molecule has 0 saturated carbocycles. The van der Waals surface area contributed by atoms with Crippen LogP contribution >= 0.6 is 0 Å². The molecule has 4 heterocycles. The highest BCUT2D eigenvalue weighted by molar-refractivity contribution is 7.86. The molecular formula is C17H20N6O3S. The smallest absolute Gasteiger partial charge is 0.281 e. The average Bonchev–Trinajstić information content (AvgIpc) is 3.32. The van der Waals surface area contributed by atoms with Crippen molar-refractivity contribution >= 4 is 10.2 Å². The summed E-state index contributed by atoms with van der Waals surface area (Å²) in [5.74, 6) is 0.866. The summed E-state index contributed by atoms with van der Waals surface area (Å²) in [4.78, 5) is 12.0. The van der Waals surface area contributed by atoms with Crippen LogP contribution in [0.3, 0.4) is 0 Å². The average molecular weight is 388 g/mol. The van der Waals surface area contributed by atoms with E-state index in [-0.39, 0.29) is 6.54 Å². The lowest BCUT2D eigenvalue weighted by Gasteiger charge is -2.31. The second-order valence-corrected chi connectivity index (χ2v) is 8.75. The minimum atomic E-state index is -3.47. The number of nitrogens with one attached hydrogen (secondary N) is 1. The van der Waals surface area contributed by atoms with Crippen molar-refractivity contribution in [1.82, 2.24) is 28.7 Å². The van der Waals surface area contributed by atoms with Crippen LogP contribution < -0.4 is 0 Å². The second kappa shape index (κ2) is 6.55. The monoisotopic (exact) mass is 388 g/mol. The zero-order valence-electron chi connectivity index (χ0n) is 15.3. The first kappa shape index (κ1) is 17.8.